The minimum absolute atomic E-state index is 0.514. The van der Waals surface area contributed by atoms with Crippen LogP contribution in [0.15, 0.2) is 48.5 Å². The summed E-state index contributed by atoms with van der Waals surface area (Å²) in [5.41, 5.74) is 2.66. The molecular formula is C16H11N3O. The molecule has 4 nitrogen and oxygen atoms in total. The first-order valence-corrected chi connectivity index (χ1v) is 6.13. The summed E-state index contributed by atoms with van der Waals surface area (Å²) in [4.78, 5) is 0. The monoisotopic (exact) mass is 261 g/mol. The highest BCUT2D eigenvalue weighted by Crippen LogP contribution is 2.28. The fourth-order valence-corrected chi connectivity index (χ4v) is 2.12. The average Bonchev–Trinajstić information content (AvgIpc) is 2.54. The van der Waals surface area contributed by atoms with E-state index in [2.05, 4.69) is 16.3 Å². The zero-order valence-corrected chi connectivity index (χ0v) is 10.9. The highest BCUT2D eigenvalue weighted by atomic mass is 16.5. The fourth-order valence-electron chi connectivity index (χ4n) is 2.12. The molecule has 0 unspecified atom stereocenters. The van der Waals surface area contributed by atoms with Gasteiger partial charge in [-0.2, -0.15) is 5.26 Å². The summed E-state index contributed by atoms with van der Waals surface area (Å²) < 4.78 is 5.21. The minimum Gasteiger partial charge on any atom is -0.497 e. The highest BCUT2D eigenvalue weighted by molar-refractivity contribution is 5.90. The molecule has 0 saturated carbocycles. The van der Waals surface area contributed by atoms with Crippen LogP contribution in [0, 0.1) is 11.3 Å². The molecule has 4 heteroatoms. The molecule has 0 aliphatic carbocycles. The van der Waals surface area contributed by atoms with E-state index in [4.69, 9.17) is 4.74 Å². The van der Waals surface area contributed by atoms with Crippen LogP contribution >= 0.6 is 0 Å². The Balaban J connectivity index is 2.32. The van der Waals surface area contributed by atoms with Crippen LogP contribution in [-0.2, 0) is 0 Å². The topological polar surface area (TPSA) is 58.8 Å². The Bertz CT molecular complexity index is 807. The summed E-state index contributed by atoms with van der Waals surface area (Å²) in [5.74, 6) is 0.695. The number of nitrogens with zero attached hydrogens (tertiary/aromatic N) is 3. The number of fused-ring (bicyclic) bond motifs is 1. The third-order valence-corrected chi connectivity index (χ3v) is 3.13. The van der Waals surface area contributed by atoms with Crippen molar-refractivity contribution in [2.45, 2.75) is 0 Å². The van der Waals surface area contributed by atoms with Gasteiger partial charge in [0.2, 0.25) is 0 Å². The van der Waals surface area contributed by atoms with E-state index in [0.29, 0.717) is 22.5 Å². The van der Waals surface area contributed by atoms with E-state index in [1.165, 1.54) is 0 Å². The van der Waals surface area contributed by atoms with E-state index in [1.54, 1.807) is 19.2 Å². The van der Waals surface area contributed by atoms with E-state index in [-0.39, 0.29) is 0 Å². The number of rotatable bonds is 2. The van der Waals surface area contributed by atoms with Gasteiger partial charge in [-0.3, -0.25) is 0 Å². The second-order valence-corrected chi connectivity index (χ2v) is 4.28. The Morgan fingerprint density at radius 3 is 2.55 bits per heavy atom. The molecule has 0 aliphatic heterocycles. The smallest absolute Gasteiger partial charge is 0.119 e. The molecule has 2 aromatic carbocycles. The van der Waals surface area contributed by atoms with E-state index >= 15 is 0 Å². The lowest BCUT2D eigenvalue weighted by atomic mass is 10.0. The zero-order chi connectivity index (χ0) is 13.9. The molecule has 0 amide bonds. The molecule has 3 rings (SSSR count). The van der Waals surface area contributed by atoms with Crippen molar-refractivity contribution < 1.29 is 4.74 Å². The molecule has 0 bridgehead atoms. The van der Waals surface area contributed by atoms with Gasteiger partial charge in [0.15, 0.2) is 0 Å². The lowest BCUT2D eigenvalue weighted by molar-refractivity contribution is 0.415. The molecule has 20 heavy (non-hydrogen) atoms. The molecule has 3 aromatic rings. The maximum atomic E-state index is 9.48. The fraction of sp³-hybridized carbons (Fsp3) is 0.0625. The SMILES string of the molecule is COc1ccc2nnc(-c3ccccc3)c(C#N)c2c1. The molecule has 96 valence electrons. The molecule has 0 spiro atoms. The van der Waals surface area contributed by atoms with Gasteiger partial charge in [-0.05, 0) is 18.2 Å². The summed E-state index contributed by atoms with van der Waals surface area (Å²) in [6.07, 6.45) is 0. The minimum atomic E-state index is 0.514. The van der Waals surface area contributed by atoms with Crippen LogP contribution in [0.25, 0.3) is 22.2 Å². The van der Waals surface area contributed by atoms with Crippen LogP contribution in [0.3, 0.4) is 0 Å². The number of hydrogen-bond donors (Lipinski definition) is 0. The quantitative estimate of drug-likeness (QED) is 0.711. The lowest BCUT2D eigenvalue weighted by Crippen LogP contribution is -1.95. The predicted octanol–water partition coefficient (Wildman–Crippen LogP) is 3.18. The molecule has 1 aromatic heterocycles. The van der Waals surface area contributed by atoms with Crippen molar-refractivity contribution in [2.75, 3.05) is 7.11 Å². The van der Waals surface area contributed by atoms with E-state index in [0.717, 1.165) is 10.9 Å². The summed E-state index contributed by atoms with van der Waals surface area (Å²) in [7, 11) is 1.60. The first-order valence-electron chi connectivity index (χ1n) is 6.13. The Morgan fingerprint density at radius 1 is 1.05 bits per heavy atom. The van der Waals surface area contributed by atoms with Crippen molar-refractivity contribution in [1.29, 1.82) is 5.26 Å². The molecular weight excluding hydrogens is 250 g/mol. The van der Waals surface area contributed by atoms with Gasteiger partial charge in [0, 0.05) is 10.9 Å². The van der Waals surface area contributed by atoms with Crippen molar-refractivity contribution in [3.8, 4) is 23.1 Å². The van der Waals surface area contributed by atoms with Gasteiger partial charge in [0.1, 0.15) is 17.5 Å². The molecule has 0 saturated heterocycles. The van der Waals surface area contributed by atoms with Gasteiger partial charge >= 0.3 is 0 Å². The number of benzene rings is 2. The Hall–Kier alpha value is -2.93. The van der Waals surface area contributed by atoms with Gasteiger partial charge in [0.25, 0.3) is 0 Å². The van der Waals surface area contributed by atoms with Gasteiger partial charge in [0.05, 0.1) is 18.2 Å². The van der Waals surface area contributed by atoms with Crippen molar-refractivity contribution in [3.05, 3.63) is 54.1 Å². The van der Waals surface area contributed by atoms with Gasteiger partial charge in [-0.25, -0.2) is 0 Å². The van der Waals surface area contributed by atoms with Gasteiger partial charge in [-0.15, -0.1) is 10.2 Å². The van der Waals surface area contributed by atoms with Gasteiger partial charge < -0.3 is 4.74 Å². The summed E-state index contributed by atoms with van der Waals surface area (Å²) >= 11 is 0. The zero-order valence-electron chi connectivity index (χ0n) is 10.9. The van der Waals surface area contributed by atoms with Crippen LogP contribution < -0.4 is 4.74 Å². The third-order valence-electron chi connectivity index (χ3n) is 3.13. The predicted molar refractivity (Wildman–Crippen MR) is 76.2 cm³/mol. The number of aromatic nitrogens is 2. The molecule has 0 radical (unpaired) electrons. The van der Waals surface area contributed by atoms with E-state index in [1.807, 2.05) is 36.4 Å². The van der Waals surface area contributed by atoms with Crippen molar-refractivity contribution >= 4 is 10.9 Å². The summed E-state index contributed by atoms with van der Waals surface area (Å²) in [5, 5.41) is 18.6. The van der Waals surface area contributed by atoms with E-state index in [9.17, 15) is 5.26 Å². The Morgan fingerprint density at radius 2 is 1.85 bits per heavy atom. The second kappa shape index (κ2) is 4.98. The van der Waals surface area contributed by atoms with Crippen LogP contribution in [0.5, 0.6) is 5.75 Å². The average molecular weight is 261 g/mol. The normalized spacial score (nSPS) is 10.2. The summed E-state index contributed by atoms with van der Waals surface area (Å²) in [6, 6.07) is 17.2. The highest BCUT2D eigenvalue weighted by Gasteiger charge is 2.12. The van der Waals surface area contributed by atoms with Gasteiger partial charge in [-0.1, -0.05) is 30.3 Å². The Labute approximate surface area is 116 Å². The standard InChI is InChI=1S/C16H11N3O/c1-20-12-7-8-15-13(9-12)14(10-17)16(19-18-15)11-5-3-2-4-6-11/h2-9H,1H3. The molecule has 1 heterocycles. The van der Waals surface area contributed by atoms with Crippen molar-refractivity contribution in [3.63, 3.8) is 0 Å². The first kappa shape index (κ1) is 12.1. The third kappa shape index (κ3) is 1.95. The number of methoxy groups -OCH3 is 1. The number of hydrogen-bond acceptors (Lipinski definition) is 4. The van der Waals surface area contributed by atoms with Crippen LogP contribution in [0.1, 0.15) is 5.56 Å². The van der Waals surface area contributed by atoms with Crippen LogP contribution in [-0.4, -0.2) is 17.3 Å². The second-order valence-electron chi connectivity index (χ2n) is 4.28. The lowest BCUT2D eigenvalue weighted by Gasteiger charge is -2.07. The maximum absolute atomic E-state index is 9.48. The molecule has 0 aliphatic rings. The molecule has 0 fully saturated rings. The van der Waals surface area contributed by atoms with Crippen molar-refractivity contribution in [2.24, 2.45) is 0 Å². The molecule has 0 atom stereocenters. The van der Waals surface area contributed by atoms with E-state index < -0.39 is 0 Å². The van der Waals surface area contributed by atoms with Crippen LogP contribution in [0.2, 0.25) is 0 Å². The number of ether oxygens (including phenoxy) is 1. The van der Waals surface area contributed by atoms with Crippen LogP contribution in [0.4, 0.5) is 0 Å². The summed E-state index contributed by atoms with van der Waals surface area (Å²) in [6.45, 7) is 0. The van der Waals surface area contributed by atoms with Crippen molar-refractivity contribution in [1.82, 2.24) is 10.2 Å². The maximum Gasteiger partial charge on any atom is 0.119 e. The largest absolute Gasteiger partial charge is 0.497 e. The number of nitriles is 1. The Kier molecular flexibility index (Phi) is 3.02. The first-order chi connectivity index (χ1) is 9.83. The molecule has 0 N–H and O–H groups in total.